The topological polar surface area (TPSA) is 111 Å². The molecule has 0 aliphatic carbocycles. The Hall–Kier alpha value is -3.56. The molecule has 3 amide bonds. The standard InChI is InChI=1S/C20H20F3N3O4/c21-20(22,23)15-9-5-4-8-14(15)10-16(18(24)28)26-17(27)11-25-19(29)30-12-13-6-2-1-3-7-13/h1-9,16H,10-12H2,(H2,24,28)(H,25,29)(H,26,27)/t16-/m0/s1. The average Bonchev–Trinajstić information content (AvgIpc) is 2.70. The molecule has 0 heterocycles. The minimum absolute atomic E-state index is 0.00751. The molecule has 2 aromatic rings. The van der Waals surface area contributed by atoms with Gasteiger partial charge in [-0.05, 0) is 17.2 Å². The molecule has 0 aliphatic heterocycles. The Morgan fingerprint density at radius 1 is 1.00 bits per heavy atom. The van der Waals surface area contributed by atoms with Crippen molar-refractivity contribution >= 4 is 17.9 Å². The first-order chi connectivity index (χ1) is 14.2. The van der Waals surface area contributed by atoms with Crippen molar-refractivity contribution in [2.75, 3.05) is 6.54 Å². The molecule has 30 heavy (non-hydrogen) atoms. The number of alkyl halides is 3. The van der Waals surface area contributed by atoms with E-state index in [1.54, 1.807) is 30.3 Å². The number of benzene rings is 2. The zero-order valence-electron chi connectivity index (χ0n) is 15.7. The Bertz CT molecular complexity index is 888. The van der Waals surface area contributed by atoms with Gasteiger partial charge in [0.15, 0.2) is 0 Å². The highest BCUT2D eigenvalue weighted by molar-refractivity contribution is 5.88. The molecular formula is C20H20F3N3O4. The summed E-state index contributed by atoms with van der Waals surface area (Å²) in [6, 6.07) is 12.1. The average molecular weight is 423 g/mol. The number of hydrogen-bond donors (Lipinski definition) is 3. The summed E-state index contributed by atoms with van der Waals surface area (Å²) in [4.78, 5) is 35.3. The smallest absolute Gasteiger partial charge is 0.416 e. The van der Waals surface area contributed by atoms with Crippen LogP contribution in [0.4, 0.5) is 18.0 Å². The molecule has 4 N–H and O–H groups in total. The van der Waals surface area contributed by atoms with Crippen LogP contribution in [0, 0.1) is 0 Å². The molecule has 2 aromatic carbocycles. The Morgan fingerprint density at radius 2 is 1.63 bits per heavy atom. The van der Waals surface area contributed by atoms with Crippen LogP contribution in [0.15, 0.2) is 54.6 Å². The van der Waals surface area contributed by atoms with Gasteiger partial charge in [0, 0.05) is 6.42 Å². The summed E-state index contributed by atoms with van der Waals surface area (Å²) in [5.41, 5.74) is 4.84. The Morgan fingerprint density at radius 3 is 2.27 bits per heavy atom. The van der Waals surface area contributed by atoms with Crippen molar-refractivity contribution in [2.24, 2.45) is 5.73 Å². The Balaban J connectivity index is 1.89. The number of rotatable bonds is 8. The molecule has 0 unspecified atom stereocenters. The van der Waals surface area contributed by atoms with Crippen LogP contribution in [0.25, 0.3) is 0 Å². The van der Waals surface area contributed by atoms with E-state index in [0.717, 1.165) is 11.6 Å². The quantitative estimate of drug-likeness (QED) is 0.604. The maximum absolute atomic E-state index is 13.1. The highest BCUT2D eigenvalue weighted by atomic mass is 19.4. The lowest BCUT2D eigenvalue weighted by atomic mass is 9.99. The fourth-order valence-electron chi connectivity index (χ4n) is 2.59. The molecule has 0 aliphatic rings. The summed E-state index contributed by atoms with van der Waals surface area (Å²) in [7, 11) is 0. The number of alkyl carbamates (subject to hydrolysis) is 1. The summed E-state index contributed by atoms with van der Waals surface area (Å²) in [6.07, 6.45) is -5.94. The largest absolute Gasteiger partial charge is 0.445 e. The molecule has 2 rings (SSSR count). The van der Waals surface area contributed by atoms with Crippen molar-refractivity contribution in [1.29, 1.82) is 0 Å². The second-order valence-corrected chi connectivity index (χ2v) is 6.30. The first-order valence-electron chi connectivity index (χ1n) is 8.85. The number of carbonyl (C=O) groups excluding carboxylic acids is 3. The number of ether oxygens (including phenoxy) is 1. The normalized spacial score (nSPS) is 12.0. The summed E-state index contributed by atoms with van der Waals surface area (Å²) in [5.74, 6) is -1.81. The van der Waals surface area contributed by atoms with Gasteiger partial charge in [-0.2, -0.15) is 13.2 Å². The number of amides is 3. The highest BCUT2D eigenvalue weighted by Crippen LogP contribution is 2.32. The third kappa shape index (κ3) is 7.12. The number of nitrogens with one attached hydrogen (secondary N) is 2. The van der Waals surface area contributed by atoms with Gasteiger partial charge < -0.3 is 21.1 Å². The Kier molecular flexibility index (Phi) is 7.79. The van der Waals surface area contributed by atoms with E-state index in [1.165, 1.54) is 18.2 Å². The van der Waals surface area contributed by atoms with Crippen LogP contribution < -0.4 is 16.4 Å². The van der Waals surface area contributed by atoms with Crippen molar-refractivity contribution in [2.45, 2.75) is 25.2 Å². The molecule has 0 saturated heterocycles. The molecule has 1 atom stereocenters. The van der Waals surface area contributed by atoms with Crippen molar-refractivity contribution in [1.82, 2.24) is 10.6 Å². The summed E-state index contributed by atoms with van der Waals surface area (Å²) in [5, 5.41) is 4.41. The summed E-state index contributed by atoms with van der Waals surface area (Å²) < 4.78 is 44.2. The van der Waals surface area contributed by atoms with Gasteiger partial charge in [0.25, 0.3) is 0 Å². The molecule has 10 heteroatoms. The van der Waals surface area contributed by atoms with E-state index in [1.807, 2.05) is 0 Å². The fourth-order valence-corrected chi connectivity index (χ4v) is 2.59. The van der Waals surface area contributed by atoms with Crippen LogP contribution >= 0.6 is 0 Å². The minimum atomic E-state index is -4.62. The zero-order chi connectivity index (χ0) is 22.1. The van der Waals surface area contributed by atoms with Crippen LogP contribution in [-0.4, -0.2) is 30.5 Å². The number of halogens is 3. The van der Waals surface area contributed by atoms with Gasteiger partial charge in [-0.25, -0.2) is 4.79 Å². The zero-order valence-corrected chi connectivity index (χ0v) is 15.7. The number of hydrogen-bond acceptors (Lipinski definition) is 4. The fraction of sp³-hybridized carbons (Fsp3) is 0.250. The SMILES string of the molecule is NC(=O)[C@H](Cc1ccccc1C(F)(F)F)NC(=O)CNC(=O)OCc1ccccc1. The molecule has 0 saturated carbocycles. The minimum Gasteiger partial charge on any atom is -0.445 e. The van der Waals surface area contributed by atoms with Gasteiger partial charge in [0.2, 0.25) is 11.8 Å². The highest BCUT2D eigenvalue weighted by Gasteiger charge is 2.34. The van der Waals surface area contributed by atoms with Gasteiger partial charge in [-0.15, -0.1) is 0 Å². The molecule has 7 nitrogen and oxygen atoms in total. The lowest BCUT2D eigenvalue weighted by Gasteiger charge is -2.19. The van der Waals surface area contributed by atoms with Crippen molar-refractivity contribution in [3.8, 4) is 0 Å². The molecule has 0 aromatic heterocycles. The van der Waals surface area contributed by atoms with E-state index in [9.17, 15) is 27.6 Å². The molecular weight excluding hydrogens is 403 g/mol. The van der Waals surface area contributed by atoms with Gasteiger partial charge in [-0.1, -0.05) is 48.5 Å². The molecule has 0 fully saturated rings. The van der Waals surface area contributed by atoms with Gasteiger partial charge in [-0.3, -0.25) is 9.59 Å². The lowest BCUT2D eigenvalue weighted by molar-refractivity contribution is -0.138. The third-order valence-corrected chi connectivity index (χ3v) is 4.03. The van der Waals surface area contributed by atoms with E-state index in [4.69, 9.17) is 10.5 Å². The lowest BCUT2D eigenvalue weighted by Crippen LogP contribution is -2.49. The predicted molar refractivity (Wildman–Crippen MR) is 101 cm³/mol. The van der Waals surface area contributed by atoms with Crippen molar-refractivity contribution in [3.05, 3.63) is 71.3 Å². The maximum Gasteiger partial charge on any atom is 0.416 e. The number of nitrogens with two attached hydrogens (primary N) is 1. The van der Waals surface area contributed by atoms with Crippen molar-refractivity contribution in [3.63, 3.8) is 0 Å². The molecule has 0 spiro atoms. The van der Waals surface area contributed by atoms with E-state index in [2.05, 4.69) is 10.6 Å². The molecule has 160 valence electrons. The summed E-state index contributed by atoms with van der Waals surface area (Å²) in [6.45, 7) is -0.551. The second kappa shape index (κ2) is 10.3. The van der Waals surface area contributed by atoms with Crippen LogP contribution in [0.1, 0.15) is 16.7 Å². The summed E-state index contributed by atoms with van der Waals surface area (Å²) >= 11 is 0. The molecule has 0 bridgehead atoms. The van der Waals surface area contributed by atoms with Crippen LogP contribution in [0.2, 0.25) is 0 Å². The van der Waals surface area contributed by atoms with E-state index >= 15 is 0 Å². The van der Waals surface area contributed by atoms with Gasteiger partial charge in [0.1, 0.15) is 19.2 Å². The molecule has 0 radical (unpaired) electrons. The maximum atomic E-state index is 13.1. The second-order valence-electron chi connectivity index (χ2n) is 6.30. The van der Waals surface area contributed by atoms with Gasteiger partial charge in [0.05, 0.1) is 5.56 Å². The predicted octanol–water partition coefficient (Wildman–Crippen LogP) is 2.14. The third-order valence-electron chi connectivity index (χ3n) is 4.03. The van der Waals surface area contributed by atoms with E-state index < -0.39 is 48.7 Å². The van der Waals surface area contributed by atoms with Crippen LogP contribution in [0.3, 0.4) is 0 Å². The van der Waals surface area contributed by atoms with Crippen LogP contribution in [0.5, 0.6) is 0 Å². The van der Waals surface area contributed by atoms with Gasteiger partial charge >= 0.3 is 12.3 Å². The first kappa shape index (κ1) is 22.7. The monoisotopic (exact) mass is 423 g/mol. The van der Waals surface area contributed by atoms with Crippen molar-refractivity contribution < 1.29 is 32.3 Å². The van der Waals surface area contributed by atoms with E-state index in [-0.39, 0.29) is 12.2 Å². The number of primary amides is 1. The van der Waals surface area contributed by atoms with Crippen LogP contribution in [-0.2, 0) is 33.5 Å². The Labute approximate surface area is 170 Å². The number of carbonyl (C=O) groups is 3. The van der Waals surface area contributed by atoms with E-state index in [0.29, 0.717) is 0 Å². The first-order valence-corrected chi connectivity index (χ1v) is 8.85.